The molecular weight excluding hydrogens is 559 g/mol. The number of fused-ring (bicyclic) bond motifs is 2. The highest BCUT2D eigenvalue weighted by Crippen LogP contribution is 2.46. The molecule has 2 amide bonds. The number of hydrogen-bond donors (Lipinski definition) is 1. The molecule has 1 N–H and O–H groups in total. The highest BCUT2D eigenvalue weighted by molar-refractivity contribution is 6.39. The van der Waals surface area contributed by atoms with E-state index in [9.17, 15) is 4.79 Å². The number of rotatable bonds is 7. The summed E-state index contributed by atoms with van der Waals surface area (Å²) in [7, 11) is 0. The Hall–Kier alpha value is -3.39. The van der Waals surface area contributed by atoms with Gasteiger partial charge in [-0.2, -0.15) is 0 Å². The van der Waals surface area contributed by atoms with Crippen LogP contribution in [0.4, 0.5) is 10.5 Å². The summed E-state index contributed by atoms with van der Waals surface area (Å²) in [6.07, 6.45) is 9.24. The fraction of sp³-hybridized carbons (Fsp3) is 0.344. The van der Waals surface area contributed by atoms with Crippen molar-refractivity contribution < 1.29 is 14.1 Å². The zero-order valence-corrected chi connectivity index (χ0v) is 23.9. The summed E-state index contributed by atoms with van der Waals surface area (Å²) in [4.78, 5) is 19.8. The van der Waals surface area contributed by atoms with Gasteiger partial charge in [0.05, 0.1) is 34.6 Å². The average molecular weight is 590 g/mol. The highest BCUT2D eigenvalue weighted by atomic mass is 35.5. The molecule has 7 nitrogen and oxygen atoms in total. The number of benzene rings is 2. The van der Waals surface area contributed by atoms with Gasteiger partial charge in [0.2, 0.25) is 0 Å². The lowest BCUT2D eigenvalue weighted by molar-refractivity contribution is -0.0158. The van der Waals surface area contributed by atoms with Crippen molar-refractivity contribution in [3.8, 4) is 22.4 Å². The molecule has 210 valence electrons. The lowest BCUT2D eigenvalue weighted by Crippen LogP contribution is -2.50. The van der Waals surface area contributed by atoms with E-state index < -0.39 is 0 Å². The Morgan fingerprint density at radius 3 is 2.39 bits per heavy atom. The molecule has 2 aliphatic heterocycles. The van der Waals surface area contributed by atoms with Gasteiger partial charge in [0, 0.05) is 40.9 Å². The molecule has 9 heteroatoms. The van der Waals surface area contributed by atoms with Crippen molar-refractivity contribution >= 4 is 34.9 Å². The van der Waals surface area contributed by atoms with Crippen molar-refractivity contribution in [2.24, 2.45) is 0 Å². The third-order valence-corrected chi connectivity index (χ3v) is 9.08. The van der Waals surface area contributed by atoms with Gasteiger partial charge in [0.15, 0.2) is 0 Å². The third kappa shape index (κ3) is 5.34. The minimum absolute atomic E-state index is 0.0381. The highest BCUT2D eigenvalue weighted by Gasteiger charge is 2.44. The molecule has 2 unspecified atom stereocenters. The van der Waals surface area contributed by atoms with Gasteiger partial charge in [-0.15, -0.1) is 0 Å². The molecule has 2 aromatic heterocycles. The number of carbonyl (C=O) groups excluding carboxylic acids is 1. The maximum atomic E-state index is 13.4. The third-order valence-electron chi connectivity index (χ3n) is 8.45. The first kappa shape index (κ1) is 26.5. The Bertz CT molecular complexity index is 1540. The Morgan fingerprint density at radius 1 is 0.951 bits per heavy atom. The van der Waals surface area contributed by atoms with Crippen molar-refractivity contribution in [2.45, 2.75) is 69.2 Å². The van der Waals surface area contributed by atoms with Crippen molar-refractivity contribution in [3.05, 3.63) is 88.4 Å². The van der Waals surface area contributed by atoms with Gasteiger partial charge in [-0.3, -0.25) is 4.98 Å². The van der Waals surface area contributed by atoms with E-state index in [1.165, 1.54) is 0 Å². The Morgan fingerprint density at radius 2 is 1.68 bits per heavy atom. The van der Waals surface area contributed by atoms with Crippen LogP contribution in [0.25, 0.3) is 22.4 Å². The first-order valence-electron chi connectivity index (χ1n) is 14.2. The lowest BCUT2D eigenvalue weighted by Gasteiger charge is -2.38. The fourth-order valence-corrected chi connectivity index (χ4v) is 6.91. The van der Waals surface area contributed by atoms with Gasteiger partial charge >= 0.3 is 6.03 Å². The molecule has 1 saturated carbocycles. The molecule has 2 atom stereocenters. The number of nitrogens with one attached hydrogen (secondary N) is 1. The molecule has 2 bridgehead atoms. The van der Waals surface area contributed by atoms with Crippen LogP contribution in [-0.4, -0.2) is 39.3 Å². The first-order valence-corrected chi connectivity index (χ1v) is 14.9. The molecule has 3 aliphatic rings. The molecular formula is C32H30Cl2N4O3. The average Bonchev–Trinajstić information content (AvgIpc) is 3.68. The van der Waals surface area contributed by atoms with E-state index in [0.29, 0.717) is 39.5 Å². The molecule has 41 heavy (non-hydrogen) atoms. The number of carbonyl (C=O) groups is 1. The molecule has 4 aromatic rings. The van der Waals surface area contributed by atoms with Gasteiger partial charge in [-0.25, -0.2) is 4.79 Å². The van der Waals surface area contributed by atoms with Crippen LogP contribution in [0, 0.1) is 0 Å². The summed E-state index contributed by atoms with van der Waals surface area (Å²) in [6.45, 7) is 0.375. The van der Waals surface area contributed by atoms with E-state index >= 15 is 0 Å². The van der Waals surface area contributed by atoms with Crippen LogP contribution < -0.4 is 5.32 Å². The predicted molar refractivity (Wildman–Crippen MR) is 159 cm³/mol. The van der Waals surface area contributed by atoms with E-state index in [-0.39, 0.29) is 24.2 Å². The quantitative estimate of drug-likeness (QED) is 0.234. The summed E-state index contributed by atoms with van der Waals surface area (Å²) in [5, 5.41) is 8.56. The van der Waals surface area contributed by atoms with Crippen LogP contribution in [0.2, 0.25) is 10.0 Å². The van der Waals surface area contributed by atoms with Crippen molar-refractivity contribution in [3.63, 3.8) is 0 Å². The fourth-order valence-electron chi connectivity index (χ4n) is 6.33. The second-order valence-corrected chi connectivity index (χ2v) is 12.0. The van der Waals surface area contributed by atoms with Crippen LogP contribution >= 0.6 is 23.2 Å². The van der Waals surface area contributed by atoms with E-state index in [0.717, 1.165) is 61.0 Å². The molecule has 0 radical (unpaired) electrons. The van der Waals surface area contributed by atoms with E-state index in [4.69, 9.17) is 32.5 Å². The van der Waals surface area contributed by atoms with Crippen LogP contribution in [0.5, 0.6) is 0 Å². The molecule has 4 heterocycles. The van der Waals surface area contributed by atoms with Gasteiger partial charge in [-0.1, -0.05) is 64.8 Å². The summed E-state index contributed by atoms with van der Waals surface area (Å²) in [6, 6.07) is 17.6. The zero-order chi connectivity index (χ0) is 27.9. The number of piperidine rings is 1. The van der Waals surface area contributed by atoms with Crippen molar-refractivity contribution in [1.29, 1.82) is 0 Å². The van der Waals surface area contributed by atoms with Crippen LogP contribution in [0.15, 0.2) is 71.5 Å². The monoisotopic (exact) mass is 588 g/mol. The Balaban J connectivity index is 1.03. The van der Waals surface area contributed by atoms with E-state index in [2.05, 4.69) is 15.5 Å². The standard InChI is InChI=1S/C32H30Cl2N4O3/c33-27-7-4-8-28(34)29(27)30-26(31(41-37-30)20-9-10-20)18-40-25-14-23-11-12-24(15-25)38(23)32(39)36-22-13-21(16-35-17-22)19-5-2-1-3-6-19/h1-8,13,16-17,20,23-25H,9-12,14-15,18H2,(H,36,39). The number of anilines is 1. The maximum Gasteiger partial charge on any atom is 0.322 e. The molecule has 2 aromatic carbocycles. The van der Waals surface area contributed by atoms with Gasteiger partial charge < -0.3 is 19.5 Å². The van der Waals surface area contributed by atoms with Crippen LogP contribution in [0.1, 0.15) is 55.8 Å². The maximum absolute atomic E-state index is 13.4. The molecule has 3 fully saturated rings. The normalized spacial score (nSPS) is 21.7. The van der Waals surface area contributed by atoms with E-state index in [1.54, 1.807) is 6.20 Å². The SMILES string of the molecule is O=C(Nc1cncc(-c2ccccc2)c1)N1C2CCC1CC(OCc1c(-c3c(Cl)cccc3Cl)noc1C1CC1)C2. The predicted octanol–water partition coefficient (Wildman–Crippen LogP) is 8.33. The molecule has 0 spiro atoms. The molecule has 1 aliphatic carbocycles. The van der Waals surface area contributed by atoms with E-state index in [1.807, 2.05) is 65.7 Å². The number of nitrogens with zero attached hydrogens (tertiary/aromatic N) is 3. The van der Waals surface area contributed by atoms with Crippen molar-refractivity contribution in [1.82, 2.24) is 15.0 Å². The smallest absolute Gasteiger partial charge is 0.322 e. The number of hydrogen-bond acceptors (Lipinski definition) is 5. The Labute approximate surface area is 248 Å². The second-order valence-electron chi connectivity index (χ2n) is 11.2. The molecule has 7 rings (SSSR count). The summed E-state index contributed by atoms with van der Waals surface area (Å²) < 4.78 is 12.3. The Kier molecular flexibility index (Phi) is 7.19. The minimum atomic E-state index is -0.0753. The largest absolute Gasteiger partial charge is 0.373 e. The number of aromatic nitrogens is 2. The first-order chi connectivity index (χ1) is 20.0. The number of amides is 2. The number of halogens is 2. The topological polar surface area (TPSA) is 80.5 Å². The molecule has 2 saturated heterocycles. The summed E-state index contributed by atoms with van der Waals surface area (Å²) >= 11 is 13.1. The minimum Gasteiger partial charge on any atom is -0.373 e. The van der Waals surface area contributed by atoms with Gasteiger partial charge in [0.1, 0.15) is 11.5 Å². The van der Waals surface area contributed by atoms with Crippen molar-refractivity contribution in [2.75, 3.05) is 5.32 Å². The number of urea groups is 1. The number of ether oxygens (including phenoxy) is 1. The number of pyridine rings is 1. The summed E-state index contributed by atoms with van der Waals surface area (Å²) in [5.74, 6) is 1.25. The van der Waals surface area contributed by atoms with Crippen LogP contribution in [0.3, 0.4) is 0 Å². The van der Waals surface area contributed by atoms with Crippen LogP contribution in [-0.2, 0) is 11.3 Å². The lowest BCUT2D eigenvalue weighted by atomic mass is 9.99. The zero-order valence-electron chi connectivity index (χ0n) is 22.4. The second kappa shape index (κ2) is 11.1. The van der Waals surface area contributed by atoms with Gasteiger partial charge in [-0.05, 0) is 62.3 Å². The van der Waals surface area contributed by atoms with Gasteiger partial charge in [0.25, 0.3) is 0 Å². The summed E-state index contributed by atoms with van der Waals surface area (Å²) in [5.41, 5.74) is 5.00.